The highest BCUT2D eigenvalue weighted by Crippen LogP contribution is 2.31. The second-order valence-electron chi connectivity index (χ2n) is 6.51. The Labute approximate surface area is 182 Å². The van der Waals surface area contributed by atoms with E-state index in [-0.39, 0.29) is 33.7 Å². The minimum atomic E-state index is -0.715. The lowest BCUT2D eigenvalue weighted by atomic mass is 10.2. The number of carbonyl (C=O) groups is 1. The van der Waals surface area contributed by atoms with Gasteiger partial charge in [0.05, 0.1) is 15.9 Å². The fourth-order valence-electron chi connectivity index (χ4n) is 3.02. The highest BCUT2D eigenvalue weighted by Gasteiger charge is 2.21. The average Bonchev–Trinajstić information content (AvgIpc) is 3.07. The van der Waals surface area contributed by atoms with Gasteiger partial charge in [-0.1, -0.05) is 6.07 Å². The second-order valence-corrected chi connectivity index (χ2v) is 7.36. The first-order chi connectivity index (χ1) is 14.8. The van der Waals surface area contributed by atoms with Crippen LogP contribution in [-0.2, 0) is 6.54 Å². The molecule has 2 heterocycles. The lowest BCUT2D eigenvalue weighted by molar-refractivity contribution is -0.385. The van der Waals surface area contributed by atoms with Crippen LogP contribution in [0.2, 0.25) is 0 Å². The quantitative estimate of drug-likeness (QED) is 0.322. The number of pyridine rings is 1. The van der Waals surface area contributed by atoms with E-state index in [0.717, 1.165) is 0 Å². The average molecular weight is 486 g/mol. The van der Waals surface area contributed by atoms with Crippen molar-refractivity contribution >= 4 is 38.4 Å². The molecule has 0 aliphatic rings. The standard InChI is InChI=1S/C20H13BrFN5O4/c21-15-7-14-16(8-17(15)27(29)30)25-26(19(14)20(23)28)10-11-1-6-18(24-9-11)31-13-4-2-12(22)3-5-13/h1-9H,10H2,(H2,23,28). The molecule has 31 heavy (non-hydrogen) atoms. The first-order valence-corrected chi connectivity index (χ1v) is 9.63. The monoisotopic (exact) mass is 485 g/mol. The molecule has 4 rings (SSSR count). The summed E-state index contributed by atoms with van der Waals surface area (Å²) in [6.07, 6.45) is 1.54. The van der Waals surface area contributed by atoms with Crippen molar-refractivity contribution in [3.8, 4) is 11.6 Å². The van der Waals surface area contributed by atoms with Crippen LogP contribution in [0.1, 0.15) is 16.1 Å². The molecule has 156 valence electrons. The third-order valence-corrected chi connectivity index (χ3v) is 5.04. The number of carbonyl (C=O) groups excluding carboxylic acids is 1. The highest BCUT2D eigenvalue weighted by atomic mass is 79.9. The van der Waals surface area contributed by atoms with E-state index in [1.165, 1.54) is 47.3 Å². The molecule has 2 N–H and O–H groups in total. The van der Waals surface area contributed by atoms with Gasteiger partial charge in [0.25, 0.3) is 11.6 Å². The molecule has 0 bridgehead atoms. The Hall–Kier alpha value is -3.86. The van der Waals surface area contributed by atoms with Gasteiger partial charge in [0.2, 0.25) is 5.88 Å². The number of nitrogens with zero attached hydrogens (tertiary/aromatic N) is 4. The second kappa shape index (κ2) is 8.11. The minimum Gasteiger partial charge on any atom is -0.439 e. The summed E-state index contributed by atoms with van der Waals surface area (Å²) in [6.45, 7) is 0.155. The Bertz CT molecular complexity index is 1310. The topological polar surface area (TPSA) is 126 Å². The van der Waals surface area contributed by atoms with Crippen LogP contribution in [0.15, 0.2) is 59.2 Å². The summed E-state index contributed by atoms with van der Waals surface area (Å²) in [7, 11) is 0. The summed E-state index contributed by atoms with van der Waals surface area (Å²) in [5, 5.41) is 15.9. The summed E-state index contributed by atoms with van der Waals surface area (Å²) < 4.78 is 20.1. The van der Waals surface area contributed by atoms with E-state index in [0.29, 0.717) is 22.6 Å². The van der Waals surface area contributed by atoms with Gasteiger partial charge in [0, 0.05) is 23.7 Å². The molecule has 0 unspecified atom stereocenters. The fourth-order valence-corrected chi connectivity index (χ4v) is 3.51. The fraction of sp³-hybridized carbons (Fsp3) is 0.0500. The maximum absolute atomic E-state index is 13.0. The zero-order chi connectivity index (χ0) is 22.1. The smallest absolute Gasteiger partial charge is 0.285 e. The molecule has 2 aromatic carbocycles. The molecular formula is C20H13BrFN5O4. The zero-order valence-electron chi connectivity index (χ0n) is 15.7. The summed E-state index contributed by atoms with van der Waals surface area (Å²) >= 11 is 3.14. The Kier molecular flexibility index (Phi) is 5.34. The number of nitrogens with two attached hydrogens (primary N) is 1. The van der Waals surface area contributed by atoms with Gasteiger partial charge in [-0.2, -0.15) is 5.10 Å². The van der Waals surface area contributed by atoms with Crippen molar-refractivity contribution in [2.24, 2.45) is 5.73 Å². The van der Waals surface area contributed by atoms with Crippen LogP contribution in [0.25, 0.3) is 10.9 Å². The van der Waals surface area contributed by atoms with E-state index in [1.807, 2.05) is 0 Å². The van der Waals surface area contributed by atoms with Crippen LogP contribution < -0.4 is 10.5 Å². The highest BCUT2D eigenvalue weighted by molar-refractivity contribution is 9.10. The molecular weight excluding hydrogens is 473 g/mol. The van der Waals surface area contributed by atoms with Crippen molar-refractivity contribution in [1.82, 2.24) is 14.8 Å². The first-order valence-electron chi connectivity index (χ1n) is 8.84. The number of ether oxygens (including phenoxy) is 1. The molecule has 0 aliphatic heterocycles. The van der Waals surface area contributed by atoms with Crippen molar-refractivity contribution in [1.29, 1.82) is 0 Å². The molecule has 0 saturated heterocycles. The molecule has 0 radical (unpaired) electrons. The number of nitro benzene ring substituents is 1. The van der Waals surface area contributed by atoms with E-state index in [2.05, 4.69) is 26.0 Å². The maximum Gasteiger partial charge on any atom is 0.285 e. The van der Waals surface area contributed by atoms with Gasteiger partial charge in [-0.05, 0) is 51.8 Å². The van der Waals surface area contributed by atoms with E-state index in [9.17, 15) is 19.3 Å². The van der Waals surface area contributed by atoms with Gasteiger partial charge in [0.1, 0.15) is 22.8 Å². The van der Waals surface area contributed by atoms with E-state index < -0.39 is 10.8 Å². The van der Waals surface area contributed by atoms with Crippen molar-refractivity contribution < 1.29 is 18.8 Å². The summed E-state index contributed by atoms with van der Waals surface area (Å²) in [6, 6.07) is 11.6. The van der Waals surface area contributed by atoms with Crippen molar-refractivity contribution in [3.63, 3.8) is 0 Å². The largest absolute Gasteiger partial charge is 0.439 e. The Morgan fingerprint density at radius 3 is 2.58 bits per heavy atom. The number of fused-ring (bicyclic) bond motifs is 1. The molecule has 0 atom stereocenters. The first kappa shape index (κ1) is 20.4. The Morgan fingerprint density at radius 2 is 1.97 bits per heavy atom. The third kappa shape index (κ3) is 4.21. The van der Waals surface area contributed by atoms with E-state index >= 15 is 0 Å². The predicted octanol–water partition coefficient (Wildman–Crippen LogP) is 4.18. The number of hydrogen-bond donors (Lipinski definition) is 1. The van der Waals surface area contributed by atoms with Gasteiger partial charge >= 0.3 is 0 Å². The van der Waals surface area contributed by atoms with Crippen molar-refractivity contribution in [2.45, 2.75) is 6.54 Å². The molecule has 1 amide bonds. The zero-order valence-corrected chi connectivity index (χ0v) is 17.2. The number of hydrogen-bond acceptors (Lipinski definition) is 6. The third-order valence-electron chi connectivity index (χ3n) is 4.40. The summed E-state index contributed by atoms with van der Waals surface area (Å²) in [5.41, 5.74) is 6.45. The molecule has 0 spiro atoms. The SMILES string of the molecule is NC(=O)c1c2cc(Br)c([N+](=O)[O-])cc2nn1Cc1ccc(Oc2ccc(F)cc2)nc1. The lowest BCUT2D eigenvalue weighted by Gasteiger charge is -2.07. The van der Waals surface area contributed by atoms with Gasteiger partial charge in [-0.15, -0.1) is 0 Å². The summed E-state index contributed by atoms with van der Waals surface area (Å²) in [5.74, 6) is -0.351. The maximum atomic E-state index is 13.0. The number of rotatable bonds is 6. The molecule has 0 fully saturated rings. The van der Waals surface area contributed by atoms with Gasteiger partial charge in [0.15, 0.2) is 0 Å². The van der Waals surface area contributed by atoms with Crippen LogP contribution in [0, 0.1) is 15.9 Å². The van der Waals surface area contributed by atoms with Gasteiger partial charge in [-0.3, -0.25) is 19.6 Å². The normalized spacial score (nSPS) is 10.9. The minimum absolute atomic E-state index is 0.122. The van der Waals surface area contributed by atoms with Gasteiger partial charge in [-0.25, -0.2) is 9.37 Å². The van der Waals surface area contributed by atoms with Crippen LogP contribution in [0.3, 0.4) is 0 Å². The van der Waals surface area contributed by atoms with Crippen molar-refractivity contribution in [2.75, 3.05) is 0 Å². The number of halogens is 2. The van der Waals surface area contributed by atoms with Crippen LogP contribution >= 0.6 is 15.9 Å². The molecule has 9 nitrogen and oxygen atoms in total. The van der Waals surface area contributed by atoms with E-state index in [4.69, 9.17) is 10.5 Å². The molecule has 0 aliphatic carbocycles. The lowest BCUT2D eigenvalue weighted by Crippen LogP contribution is -2.18. The summed E-state index contributed by atoms with van der Waals surface area (Å²) in [4.78, 5) is 26.9. The number of primary amides is 1. The molecule has 0 saturated carbocycles. The van der Waals surface area contributed by atoms with Crippen LogP contribution in [-0.4, -0.2) is 25.6 Å². The number of nitro groups is 1. The van der Waals surface area contributed by atoms with Crippen LogP contribution in [0.5, 0.6) is 11.6 Å². The number of benzene rings is 2. The van der Waals surface area contributed by atoms with Gasteiger partial charge < -0.3 is 10.5 Å². The number of amides is 1. The van der Waals surface area contributed by atoms with Crippen LogP contribution in [0.4, 0.5) is 10.1 Å². The molecule has 2 aromatic heterocycles. The predicted molar refractivity (Wildman–Crippen MR) is 112 cm³/mol. The molecule has 4 aromatic rings. The van der Waals surface area contributed by atoms with Crippen molar-refractivity contribution in [3.05, 3.63) is 86.4 Å². The van der Waals surface area contributed by atoms with E-state index in [1.54, 1.807) is 12.1 Å². The molecule has 11 heteroatoms. The Morgan fingerprint density at radius 1 is 1.23 bits per heavy atom. The number of aromatic nitrogens is 3. The Balaban J connectivity index is 1.63.